The number of benzene rings is 4. The molecule has 0 saturated heterocycles. The van der Waals surface area contributed by atoms with Gasteiger partial charge in [-0.3, -0.25) is 5.01 Å². The van der Waals surface area contributed by atoms with E-state index >= 15 is 0 Å². The van der Waals surface area contributed by atoms with Gasteiger partial charge in [-0.05, 0) is 71.7 Å². The first-order valence-electron chi connectivity index (χ1n) is 15.4. The van der Waals surface area contributed by atoms with Gasteiger partial charge in [0.1, 0.15) is 12.5 Å². The molecule has 5 rings (SSSR count). The quantitative estimate of drug-likeness (QED) is 0.188. The first kappa shape index (κ1) is 32.3. The van der Waals surface area contributed by atoms with Gasteiger partial charge >= 0.3 is 5.97 Å². The summed E-state index contributed by atoms with van der Waals surface area (Å²) in [6.45, 7) is 12.9. The third-order valence-corrected chi connectivity index (χ3v) is 10.1. The van der Waals surface area contributed by atoms with Gasteiger partial charge in [0.15, 0.2) is 9.84 Å². The highest BCUT2D eigenvalue weighted by atomic mass is 32.2. The SMILES string of the molecule is CCC(C)c1ccc(-c2c(N3CN(NCS(=O)(=O)c4ccc(C)cc4)c4ccccc43)ccc(C(C)(C)C)c2C(=O)OC)cc1. The van der Waals surface area contributed by atoms with Crippen LogP contribution in [-0.2, 0) is 20.0 Å². The molecule has 1 aliphatic heterocycles. The van der Waals surface area contributed by atoms with Crippen molar-refractivity contribution >= 4 is 32.9 Å². The second kappa shape index (κ2) is 12.7. The zero-order valence-electron chi connectivity index (χ0n) is 27.2. The topological polar surface area (TPSA) is 79.0 Å². The lowest BCUT2D eigenvalue weighted by Crippen LogP contribution is -2.42. The summed E-state index contributed by atoms with van der Waals surface area (Å²) < 4.78 is 31.9. The molecule has 0 amide bonds. The van der Waals surface area contributed by atoms with Crippen molar-refractivity contribution in [3.05, 3.63) is 107 Å². The number of rotatable bonds is 9. The number of para-hydroxylation sites is 2. The van der Waals surface area contributed by atoms with Gasteiger partial charge in [-0.15, -0.1) is 0 Å². The van der Waals surface area contributed by atoms with Crippen LogP contribution in [0.25, 0.3) is 11.1 Å². The first-order chi connectivity index (χ1) is 21.4. The summed E-state index contributed by atoms with van der Waals surface area (Å²) in [5.74, 6) is -0.242. The predicted molar refractivity (Wildman–Crippen MR) is 183 cm³/mol. The Balaban J connectivity index is 1.61. The summed E-state index contributed by atoms with van der Waals surface area (Å²) in [4.78, 5) is 16.0. The molecule has 0 aliphatic carbocycles. The van der Waals surface area contributed by atoms with Gasteiger partial charge in [-0.25, -0.2) is 18.6 Å². The number of carbonyl (C=O) groups is 1. The van der Waals surface area contributed by atoms with Crippen molar-refractivity contribution in [2.24, 2.45) is 0 Å². The molecule has 4 aromatic carbocycles. The maximum atomic E-state index is 13.6. The Morgan fingerprint density at radius 1 is 0.911 bits per heavy atom. The molecule has 1 heterocycles. The molecule has 0 radical (unpaired) electrons. The van der Waals surface area contributed by atoms with Crippen molar-refractivity contribution in [3.63, 3.8) is 0 Å². The smallest absolute Gasteiger partial charge is 0.338 e. The van der Waals surface area contributed by atoms with E-state index in [9.17, 15) is 13.2 Å². The van der Waals surface area contributed by atoms with Gasteiger partial charge in [0, 0.05) is 5.56 Å². The average molecular weight is 626 g/mol. The Morgan fingerprint density at radius 3 is 2.16 bits per heavy atom. The number of sulfone groups is 1. The van der Waals surface area contributed by atoms with Crippen LogP contribution in [0.3, 0.4) is 0 Å². The Hall–Kier alpha value is -4.14. The third-order valence-electron chi connectivity index (χ3n) is 8.62. The third kappa shape index (κ3) is 6.49. The van der Waals surface area contributed by atoms with Crippen molar-refractivity contribution in [2.45, 2.75) is 64.2 Å². The van der Waals surface area contributed by atoms with Crippen LogP contribution in [0.4, 0.5) is 17.1 Å². The standard InChI is InChI=1S/C37H43N3O4S/c1-8-26(3)27-15-17-28(18-16-27)34-33(22-21-30(37(4,5)6)35(34)36(41)44-7)39-24-40(32-12-10-9-11-31(32)39)38-23-45(42,43)29-19-13-25(2)14-20-29/h9-22,26,38H,8,23-24H2,1-7H3. The molecule has 1 aliphatic rings. The number of fused-ring (bicyclic) bond motifs is 1. The minimum absolute atomic E-state index is 0.265. The van der Waals surface area contributed by atoms with Crippen LogP contribution in [0.15, 0.2) is 89.8 Å². The first-order valence-corrected chi connectivity index (χ1v) is 17.0. The lowest BCUT2D eigenvalue weighted by molar-refractivity contribution is 0.0599. The number of hydrazine groups is 1. The maximum Gasteiger partial charge on any atom is 0.338 e. The molecule has 4 aromatic rings. The monoisotopic (exact) mass is 625 g/mol. The zero-order chi connectivity index (χ0) is 32.5. The number of carbonyl (C=O) groups excluding carboxylic acids is 1. The molecule has 0 aromatic heterocycles. The fourth-order valence-corrected chi connectivity index (χ4v) is 6.85. The summed E-state index contributed by atoms with van der Waals surface area (Å²) in [6, 6.07) is 27.3. The number of hydrogen-bond acceptors (Lipinski definition) is 7. The van der Waals surface area contributed by atoms with Gasteiger partial charge in [0.25, 0.3) is 0 Å². The van der Waals surface area contributed by atoms with E-state index in [2.05, 4.69) is 75.3 Å². The van der Waals surface area contributed by atoms with E-state index in [4.69, 9.17) is 4.74 Å². The summed E-state index contributed by atoms with van der Waals surface area (Å²) in [7, 11) is -2.17. The van der Waals surface area contributed by atoms with Crippen LogP contribution < -0.4 is 15.3 Å². The molecule has 236 valence electrons. The number of esters is 1. The largest absolute Gasteiger partial charge is 0.465 e. The van der Waals surface area contributed by atoms with Gasteiger partial charge < -0.3 is 9.64 Å². The highest BCUT2D eigenvalue weighted by molar-refractivity contribution is 7.91. The van der Waals surface area contributed by atoms with Gasteiger partial charge in [-0.1, -0.05) is 94.8 Å². The molecule has 8 heteroatoms. The molecular formula is C37H43N3O4S. The van der Waals surface area contributed by atoms with Crippen LogP contribution in [0.2, 0.25) is 0 Å². The average Bonchev–Trinajstić information content (AvgIpc) is 3.40. The number of anilines is 3. The number of methoxy groups -OCH3 is 1. The highest BCUT2D eigenvalue weighted by Crippen LogP contribution is 2.47. The van der Waals surface area contributed by atoms with Crippen molar-refractivity contribution in [1.29, 1.82) is 0 Å². The second-order valence-corrected chi connectivity index (χ2v) is 14.8. The van der Waals surface area contributed by atoms with E-state index in [1.165, 1.54) is 12.7 Å². The molecule has 45 heavy (non-hydrogen) atoms. The molecule has 1 unspecified atom stereocenters. The number of ether oxygens (including phenoxy) is 1. The molecule has 7 nitrogen and oxygen atoms in total. The molecule has 1 atom stereocenters. The van der Waals surface area contributed by atoms with Crippen molar-refractivity contribution in [3.8, 4) is 11.1 Å². The van der Waals surface area contributed by atoms with Gasteiger partial charge in [-0.2, -0.15) is 0 Å². The number of hydrogen-bond donors (Lipinski definition) is 1. The minimum Gasteiger partial charge on any atom is -0.465 e. The number of aryl methyl sites for hydroxylation is 1. The van der Waals surface area contributed by atoms with E-state index in [-0.39, 0.29) is 16.2 Å². The minimum atomic E-state index is -3.59. The highest BCUT2D eigenvalue weighted by Gasteiger charge is 2.34. The van der Waals surface area contributed by atoms with Crippen molar-refractivity contribution in [1.82, 2.24) is 5.43 Å². The lowest BCUT2D eigenvalue weighted by Gasteiger charge is -2.29. The van der Waals surface area contributed by atoms with Crippen molar-refractivity contribution in [2.75, 3.05) is 29.6 Å². The Bertz CT molecular complexity index is 1790. The Kier molecular flexibility index (Phi) is 9.10. The fourth-order valence-electron chi connectivity index (χ4n) is 5.81. The van der Waals surface area contributed by atoms with Crippen LogP contribution in [0, 0.1) is 6.92 Å². The van der Waals surface area contributed by atoms with Crippen LogP contribution in [0.1, 0.15) is 74.0 Å². The number of nitrogens with one attached hydrogen (secondary N) is 1. The van der Waals surface area contributed by atoms with E-state index in [1.54, 1.807) is 24.3 Å². The van der Waals surface area contributed by atoms with Crippen LogP contribution >= 0.6 is 0 Å². The van der Waals surface area contributed by atoms with E-state index in [0.717, 1.165) is 45.7 Å². The van der Waals surface area contributed by atoms with E-state index < -0.39 is 15.8 Å². The second-order valence-electron chi connectivity index (χ2n) is 12.8. The Morgan fingerprint density at radius 2 is 1.56 bits per heavy atom. The predicted octanol–water partition coefficient (Wildman–Crippen LogP) is 8.11. The molecular weight excluding hydrogens is 582 g/mol. The molecule has 0 saturated carbocycles. The summed E-state index contributed by atoms with van der Waals surface area (Å²) in [5.41, 5.74) is 10.8. The summed E-state index contributed by atoms with van der Waals surface area (Å²) >= 11 is 0. The molecule has 0 fully saturated rings. The summed E-state index contributed by atoms with van der Waals surface area (Å²) in [5, 5.41) is 1.85. The summed E-state index contributed by atoms with van der Waals surface area (Å²) in [6.07, 6.45) is 1.03. The number of nitrogens with zero attached hydrogens (tertiary/aromatic N) is 2. The maximum absolute atomic E-state index is 13.6. The normalized spacial score (nSPS) is 13.9. The fraction of sp³-hybridized carbons (Fsp3) is 0.324. The van der Waals surface area contributed by atoms with Crippen molar-refractivity contribution < 1.29 is 17.9 Å². The Labute approximate surface area is 267 Å². The molecule has 0 bridgehead atoms. The van der Waals surface area contributed by atoms with E-state index in [0.29, 0.717) is 18.2 Å². The van der Waals surface area contributed by atoms with Gasteiger partial charge in [0.05, 0.1) is 34.6 Å². The lowest BCUT2D eigenvalue weighted by atomic mass is 9.80. The van der Waals surface area contributed by atoms with Gasteiger partial charge in [0.2, 0.25) is 0 Å². The zero-order valence-corrected chi connectivity index (χ0v) is 28.0. The molecule has 1 N–H and O–H groups in total. The van der Waals surface area contributed by atoms with E-state index in [1.807, 2.05) is 42.3 Å². The molecule has 0 spiro atoms. The van der Waals surface area contributed by atoms with Crippen LogP contribution in [0.5, 0.6) is 0 Å². The van der Waals surface area contributed by atoms with Crippen LogP contribution in [-0.4, -0.2) is 34.0 Å².